The fourth-order valence-corrected chi connectivity index (χ4v) is 4.53. The number of benzene rings is 2. The number of nitrogens with zero attached hydrogens (tertiary/aromatic N) is 2. The molecule has 5 nitrogen and oxygen atoms in total. The second-order valence-electron chi connectivity index (χ2n) is 6.96. The molecule has 0 saturated heterocycles. The van der Waals surface area contributed by atoms with Crippen molar-refractivity contribution in [3.8, 4) is 5.75 Å². The highest BCUT2D eigenvalue weighted by Crippen LogP contribution is 2.45. The van der Waals surface area contributed by atoms with Gasteiger partial charge in [-0.3, -0.25) is 10.1 Å². The highest BCUT2D eigenvalue weighted by atomic mass is 35.5. The number of hydrogen-bond acceptors (Lipinski definition) is 4. The van der Waals surface area contributed by atoms with Gasteiger partial charge in [-0.15, -0.1) is 0 Å². The molecule has 4 rings (SSSR count). The van der Waals surface area contributed by atoms with E-state index in [1.54, 1.807) is 18.2 Å². The maximum Gasteiger partial charge on any atom is 0.269 e. The van der Waals surface area contributed by atoms with Gasteiger partial charge in [-0.2, -0.15) is 0 Å². The van der Waals surface area contributed by atoms with E-state index < -0.39 is 0 Å². The number of rotatable bonds is 1. The number of likely N-dealkylation sites (N-methyl/N-ethyl adjacent to an activating group) is 1. The molecule has 2 atom stereocenters. The molecule has 1 aliphatic heterocycles. The minimum atomic E-state index is -0.342. The topological polar surface area (TPSA) is 66.6 Å². The Morgan fingerprint density at radius 3 is 2.72 bits per heavy atom. The van der Waals surface area contributed by atoms with Gasteiger partial charge in [0, 0.05) is 30.6 Å². The van der Waals surface area contributed by atoms with Crippen LogP contribution in [-0.4, -0.2) is 34.6 Å². The third-order valence-electron chi connectivity index (χ3n) is 5.61. The van der Waals surface area contributed by atoms with Crippen LogP contribution in [0.3, 0.4) is 0 Å². The molecule has 1 unspecified atom stereocenters. The van der Waals surface area contributed by atoms with Gasteiger partial charge in [0.25, 0.3) is 5.69 Å². The first kappa shape index (κ1) is 16.4. The van der Waals surface area contributed by atoms with Crippen LogP contribution in [0.5, 0.6) is 5.75 Å². The van der Waals surface area contributed by atoms with E-state index in [2.05, 4.69) is 11.9 Å². The summed E-state index contributed by atoms with van der Waals surface area (Å²) in [5.74, 6) is 0.188. The number of aryl methyl sites for hydroxylation is 1. The monoisotopic (exact) mass is 358 g/mol. The average molecular weight is 359 g/mol. The van der Waals surface area contributed by atoms with Gasteiger partial charge >= 0.3 is 0 Å². The fraction of sp³-hybridized carbons (Fsp3) is 0.368. The predicted octanol–water partition coefficient (Wildman–Crippen LogP) is 3.89. The number of nitro benzene ring substituents is 1. The molecule has 2 aromatic carbocycles. The highest BCUT2D eigenvalue weighted by molar-refractivity contribution is 6.32. The number of non-ortho nitro benzene ring substituents is 1. The molecule has 130 valence electrons. The molecule has 2 aliphatic rings. The molecule has 1 aliphatic carbocycles. The zero-order valence-corrected chi connectivity index (χ0v) is 14.7. The molecule has 1 N–H and O–H groups in total. The summed E-state index contributed by atoms with van der Waals surface area (Å²) >= 11 is 6.13. The zero-order chi connectivity index (χ0) is 17.7. The van der Waals surface area contributed by atoms with Gasteiger partial charge in [0.05, 0.1) is 9.95 Å². The Balaban J connectivity index is 1.91. The van der Waals surface area contributed by atoms with Crippen LogP contribution >= 0.6 is 11.6 Å². The number of phenols is 1. The maximum absolute atomic E-state index is 11.1. The number of nitro groups is 1. The van der Waals surface area contributed by atoms with Gasteiger partial charge in [-0.25, -0.2) is 0 Å². The summed E-state index contributed by atoms with van der Waals surface area (Å²) in [7, 11) is 2.13. The molecular formula is C19H19ClN2O3. The number of hydrogen-bond donors (Lipinski definition) is 1. The number of phenolic OH excluding ortho intramolecular Hbond substituents is 1. The van der Waals surface area contributed by atoms with Gasteiger partial charge in [0.1, 0.15) is 5.75 Å². The summed E-state index contributed by atoms with van der Waals surface area (Å²) in [4.78, 5) is 13.1. The van der Waals surface area contributed by atoms with Crippen molar-refractivity contribution < 1.29 is 10.0 Å². The standard InChI is InChI=1S/C19H19ClN2O3/c1-21-7-6-12-9-16(20)18(23)10-15(12)19-14-4-3-13(22(24)25)8-11(14)2-5-17(19)21/h3-4,8-10,17,19,23H,2,5-7H2,1H3/t17-,19?/m0/s1. The first-order chi connectivity index (χ1) is 12.0. The Morgan fingerprint density at radius 2 is 1.96 bits per heavy atom. The number of aromatic hydroxyl groups is 1. The van der Waals surface area contributed by atoms with Crippen LogP contribution in [-0.2, 0) is 12.8 Å². The van der Waals surface area contributed by atoms with Gasteiger partial charge < -0.3 is 10.0 Å². The van der Waals surface area contributed by atoms with Crippen molar-refractivity contribution in [2.24, 2.45) is 0 Å². The van der Waals surface area contributed by atoms with Crippen LogP contribution in [0.1, 0.15) is 34.6 Å². The second kappa shape index (κ2) is 6.00. The van der Waals surface area contributed by atoms with E-state index in [9.17, 15) is 15.2 Å². The first-order valence-electron chi connectivity index (χ1n) is 8.44. The van der Waals surface area contributed by atoms with E-state index in [0.717, 1.165) is 48.1 Å². The molecule has 0 radical (unpaired) electrons. The Bertz CT molecular complexity index is 868. The van der Waals surface area contributed by atoms with Gasteiger partial charge in [-0.05, 0) is 60.7 Å². The molecule has 0 aromatic heterocycles. The van der Waals surface area contributed by atoms with Crippen molar-refractivity contribution in [2.75, 3.05) is 13.6 Å². The van der Waals surface area contributed by atoms with E-state index >= 15 is 0 Å². The van der Waals surface area contributed by atoms with Crippen LogP contribution in [0.25, 0.3) is 0 Å². The Kier molecular flexibility index (Phi) is 3.93. The fourth-order valence-electron chi connectivity index (χ4n) is 4.34. The normalized spacial score (nSPS) is 22.5. The van der Waals surface area contributed by atoms with E-state index in [4.69, 9.17) is 11.6 Å². The van der Waals surface area contributed by atoms with E-state index in [1.807, 2.05) is 12.1 Å². The molecule has 6 heteroatoms. The average Bonchev–Trinajstić information content (AvgIpc) is 2.73. The third kappa shape index (κ3) is 2.68. The predicted molar refractivity (Wildman–Crippen MR) is 96.5 cm³/mol. The lowest BCUT2D eigenvalue weighted by Gasteiger charge is -2.38. The summed E-state index contributed by atoms with van der Waals surface area (Å²) in [6.45, 7) is 0.928. The summed E-state index contributed by atoms with van der Waals surface area (Å²) in [5.41, 5.74) is 4.53. The Morgan fingerprint density at radius 1 is 1.20 bits per heavy atom. The minimum Gasteiger partial charge on any atom is -0.506 e. The first-order valence-corrected chi connectivity index (χ1v) is 8.82. The summed E-state index contributed by atoms with van der Waals surface area (Å²) in [5, 5.41) is 21.6. The molecule has 25 heavy (non-hydrogen) atoms. The maximum atomic E-state index is 11.1. The van der Waals surface area contributed by atoms with Crippen molar-refractivity contribution in [2.45, 2.75) is 31.2 Å². The highest BCUT2D eigenvalue weighted by Gasteiger charge is 2.37. The summed E-state index contributed by atoms with van der Waals surface area (Å²) < 4.78 is 0. The van der Waals surface area contributed by atoms with Crippen molar-refractivity contribution in [1.82, 2.24) is 4.90 Å². The Labute approximate surface area is 151 Å². The zero-order valence-electron chi connectivity index (χ0n) is 13.9. The molecule has 0 bridgehead atoms. The van der Waals surface area contributed by atoms with E-state index in [-0.39, 0.29) is 22.3 Å². The number of fused-ring (bicyclic) bond motifs is 5. The quantitative estimate of drug-likeness (QED) is 0.620. The van der Waals surface area contributed by atoms with Crippen LogP contribution < -0.4 is 0 Å². The lowest BCUT2D eigenvalue weighted by Crippen LogP contribution is -2.39. The Hall–Kier alpha value is -2.11. The van der Waals surface area contributed by atoms with E-state index in [0.29, 0.717) is 11.1 Å². The summed E-state index contributed by atoms with van der Waals surface area (Å²) in [6.07, 6.45) is 2.65. The largest absolute Gasteiger partial charge is 0.506 e. The van der Waals surface area contributed by atoms with Crippen molar-refractivity contribution in [3.05, 3.63) is 67.7 Å². The molecular weight excluding hydrogens is 340 g/mol. The van der Waals surface area contributed by atoms with Crippen molar-refractivity contribution in [1.29, 1.82) is 0 Å². The lowest BCUT2D eigenvalue weighted by atomic mass is 9.74. The van der Waals surface area contributed by atoms with Crippen LogP contribution in [0, 0.1) is 10.1 Å². The van der Waals surface area contributed by atoms with Gasteiger partial charge in [-0.1, -0.05) is 17.7 Å². The minimum absolute atomic E-state index is 0.0928. The molecule has 0 spiro atoms. The molecule has 0 fully saturated rings. The van der Waals surface area contributed by atoms with Crippen molar-refractivity contribution in [3.63, 3.8) is 0 Å². The second-order valence-corrected chi connectivity index (χ2v) is 7.36. The third-order valence-corrected chi connectivity index (χ3v) is 5.91. The van der Waals surface area contributed by atoms with Gasteiger partial charge in [0.2, 0.25) is 0 Å². The molecule has 0 saturated carbocycles. The number of halogens is 1. The molecule has 0 amide bonds. The smallest absolute Gasteiger partial charge is 0.269 e. The lowest BCUT2D eigenvalue weighted by molar-refractivity contribution is -0.384. The van der Waals surface area contributed by atoms with Crippen LogP contribution in [0.4, 0.5) is 5.69 Å². The molecule has 2 aromatic rings. The van der Waals surface area contributed by atoms with Crippen LogP contribution in [0.2, 0.25) is 5.02 Å². The van der Waals surface area contributed by atoms with Crippen molar-refractivity contribution >= 4 is 17.3 Å². The SMILES string of the molecule is CN1CCc2cc(Cl)c(O)cc2C2c3ccc([N+](=O)[O-])cc3CC[C@@H]21. The molecule has 1 heterocycles. The van der Waals surface area contributed by atoms with Crippen LogP contribution in [0.15, 0.2) is 30.3 Å². The van der Waals surface area contributed by atoms with Gasteiger partial charge in [0.15, 0.2) is 0 Å². The summed E-state index contributed by atoms with van der Waals surface area (Å²) in [6, 6.07) is 9.13. The van der Waals surface area contributed by atoms with E-state index in [1.165, 1.54) is 0 Å².